The summed E-state index contributed by atoms with van der Waals surface area (Å²) in [5, 5.41) is 14.3. The van der Waals surface area contributed by atoms with Gasteiger partial charge in [-0.3, -0.25) is 4.79 Å². The summed E-state index contributed by atoms with van der Waals surface area (Å²) in [6.45, 7) is 0.425. The lowest BCUT2D eigenvalue weighted by Crippen LogP contribution is -2.35. The number of nitrogens with zero attached hydrogens (tertiary/aromatic N) is 2. The van der Waals surface area contributed by atoms with Crippen LogP contribution in [0.15, 0.2) is 72.9 Å². The van der Waals surface area contributed by atoms with Crippen molar-refractivity contribution in [1.29, 1.82) is 0 Å². The van der Waals surface area contributed by atoms with Gasteiger partial charge in [-0.05, 0) is 48.6 Å². The van der Waals surface area contributed by atoms with E-state index in [9.17, 15) is 9.90 Å². The summed E-state index contributed by atoms with van der Waals surface area (Å²) in [5.41, 5.74) is 3.65. The maximum atomic E-state index is 12.9. The molecule has 0 radical (unpaired) electrons. The van der Waals surface area contributed by atoms with Gasteiger partial charge in [-0.1, -0.05) is 48.5 Å². The van der Waals surface area contributed by atoms with Crippen LogP contribution in [0.3, 0.4) is 0 Å². The molecular formula is C27H31N3O3. The number of aliphatic hydroxyl groups is 1. The molecule has 4 rings (SSSR count). The molecule has 172 valence electrons. The molecule has 33 heavy (non-hydrogen) atoms. The van der Waals surface area contributed by atoms with Crippen LogP contribution in [0, 0.1) is 0 Å². The zero-order valence-electron chi connectivity index (χ0n) is 19.1. The van der Waals surface area contributed by atoms with Gasteiger partial charge in [0, 0.05) is 36.5 Å². The Morgan fingerprint density at radius 2 is 1.88 bits per heavy atom. The molecule has 0 saturated carbocycles. The van der Waals surface area contributed by atoms with E-state index in [-0.39, 0.29) is 11.9 Å². The van der Waals surface area contributed by atoms with E-state index in [4.69, 9.17) is 4.74 Å². The van der Waals surface area contributed by atoms with Crippen molar-refractivity contribution in [2.24, 2.45) is 0 Å². The third kappa shape index (κ3) is 5.59. The molecule has 1 saturated heterocycles. The van der Waals surface area contributed by atoms with Gasteiger partial charge in [0.2, 0.25) is 5.88 Å². The van der Waals surface area contributed by atoms with Gasteiger partial charge >= 0.3 is 0 Å². The highest BCUT2D eigenvalue weighted by atomic mass is 16.5. The smallest absolute Gasteiger partial charge is 0.253 e. The molecule has 0 unspecified atom stereocenters. The van der Waals surface area contributed by atoms with Crippen molar-refractivity contribution in [2.45, 2.75) is 44.0 Å². The molecule has 2 N–H and O–H groups in total. The molecular weight excluding hydrogens is 414 g/mol. The van der Waals surface area contributed by atoms with E-state index in [1.807, 2.05) is 66.7 Å². The third-order valence-electron chi connectivity index (χ3n) is 6.28. The number of carbonyl (C=O) groups excluding carboxylic acids is 1. The number of aliphatic hydroxyl groups excluding tert-OH is 1. The molecule has 3 aromatic rings. The van der Waals surface area contributed by atoms with E-state index in [0.717, 1.165) is 30.4 Å². The molecule has 1 aliphatic rings. The Labute approximate surface area is 195 Å². The first-order valence-electron chi connectivity index (χ1n) is 11.4. The van der Waals surface area contributed by atoms with Gasteiger partial charge in [0.05, 0.1) is 19.8 Å². The number of carbonyl (C=O) groups is 1. The molecule has 1 aromatic heterocycles. The van der Waals surface area contributed by atoms with Gasteiger partial charge in [-0.15, -0.1) is 0 Å². The molecule has 0 spiro atoms. The van der Waals surface area contributed by atoms with E-state index in [1.165, 1.54) is 5.56 Å². The van der Waals surface area contributed by atoms with Crippen LogP contribution >= 0.6 is 0 Å². The van der Waals surface area contributed by atoms with Crippen molar-refractivity contribution in [3.05, 3.63) is 95.2 Å². The van der Waals surface area contributed by atoms with Gasteiger partial charge in [-0.2, -0.15) is 0 Å². The lowest BCUT2D eigenvalue weighted by atomic mass is 10.0. The minimum atomic E-state index is -0.495. The number of hydrogen-bond acceptors (Lipinski definition) is 5. The van der Waals surface area contributed by atoms with Gasteiger partial charge in [0.25, 0.3) is 5.91 Å². The Morgan fingerprint density at radius 3 is 2.61 bits per heavy atom. The number of amides is 1. The second-order valence-electron chi connectivity index (χ2n) is 8.64. The number of hydrogen-bond donors (Lipinski definition) is 2. The first-order valence-corrected chi connectivity index (χ1v) is 11.4. The molecule has 6 heteroatoms. The van der Waals surface area contributed by atoms with Gasteiger partial charge < -0.3 is 20.1 Å². The summed E-state index contributed by atoms with van der Waals surface area (Å²) in [6.07, 6.45) is 4.01. The van der Waals surface area contributed by atoms with Gasteiger partial charge in [-0.25, -0.2) is 4.98 Å². The van der Waals surface area contributed by atoms with Crippen LogP contribution in [0.25, 0.3) is 0 Å². The standard InChI is InChI=1S/C27H31N3O3/c1-30(18-22-9-6-16-28-26(22)33-2)27(32)21-12-10-19(11-13-21)17-23-14-15-24(29-23)25(31)20-7-4-3-5-8-20/h3-13,16,23-25,29,31H,14-15,17-18H2,1-2H3/t23-,24+,25+/m0/s1. The predicted molar refractivity (Wildman–Crippen MR) is 128 cm³/mol. The number of rotatable bonds is 8. The molecule has 2 heterocycles. The topological polar surface area (TPSA) is 74.7 Å². The zero-order chi connectivity index (χ0) is 23.2. The first kappa shape index (κ1) is 23.0. The van der Waals surface area contributed by atoms with E-state index in [2.05, 4.69) is 10.3 Å². The van der Waals surface area contributed by atoms with E-state index >= 15 is 0 Å². The molecule has 3 atom stereocenters. The summed E-state index contributed by atoms with van der Waals surface area (Å²) < 4.78 is 5.29. The summed E-state index contributed by atoms with van der Waals surface area (Å²) >= 11 is 0. The fraction of sp³-hybridized carbons (Fsp3) is 0.333. The fourth-order valence-electron chi connectivity index (χ4n) is 4.49. The van der Waals surface area contributed by atoms with Crippen molar-refractivity contribution in [2.75, 3.05) is 14.2 Å². The Bertz CT molecular complexity index is 1060. The van der Waals surface area contributed by atoms with Crippen LogP contribution in [0.2, 0.25) is 0 Å². The maximum absolute atomic E-state index is 12.9. The van der Waals surface area contributed by atoms with Crippen LogP contribution in [0.4, 0.5) is 0 Å². The molecule has 0 bridgehead atoms. The van der Waals surface area contributed by atoms with Crippen molar-refractivity contribution in [3.63, 3.8) is 0 Å². The minimum Gasteiger partial charge on any atom is -0.481 e. The molecule has 0 aliphatic carbocycles. The summed E-state index contributed by atoms with van der Waals surface area (Å²) in [6, 6.07) is 21.8. The lowest BCUT2D eigenvalue weighted by molar-refractivity contribution is 0.0784. The average molecular weight is 446 g/mol. The van der Waals surface area contributed by atoms with Crippen molar-refractivity contribution >= 4 is 5.91 Å². The fourth-order valence-corrected chi connectivity index (χ4v) is 4.49. The van der Waals surface area contributed by atoms with Crippen LogP contribution < -0.4 is 10.1 Å². The van der Waals surface area contributed by atoms with Crippen LogP contribution in [0.1, 0.15) is 46.0 Å². The maximum Gasteiger partial charge on any atom is 0.253 e. The minimum absolute atomic E-state index is 0.0440. The van der Waals surface area contributed by atoms with E-state index in [0.29, 0.717) is 24.0 Å². The van der Waals surface area contributed by atoms with Gasteiger partial charge in [0.15, 0.2) is 0 Å². The largest absolute Gasteiger partial charge is 0.481 e. The molecule has 1 aliphatic heterocycles. The average Bonchev–Trinajstić information content (AvgIpc) is 3.33. The second kappa shape index (κ2) is 10.6. The number of aromatic nitrogens is 1. The third-order valence-corrected chi connectivity index (χ3v) is 6.28. The van der Waals surface area contributed by atoms with Gasteiger partial charge in [0.1, 0.15) is 0 Å². The Morgan fingerprint density at radius 1 is 1.12 bits per heavy atom. The van der Waals surface area contributed by atoms with Crippen LogP contribution in [-0.2, 0) is 13.0 Å². The quantitative estimate of drug-likeness (QED) is 0.552. The molecule has 6 nitrogen and oxygen atoms in total. The number of benzene rings is 2. The number of methoxy groups -OCH3 is 1. The lowest BCUT2D eigenvalue weighted by Gasteiger charge is -2.21. The van der Waals surface area contributed by atoms with Crippen LogP contribution in [-0.4, -0.2) is 47.1 Å². The molecule has 1 fully saturated rings. The summed E-state index contributed by atoms with van der Waals surface area (Å²) in [4.78, 5) is 18.7. The number of nitrogens with one attached hydrogen (secondary N) is 1. The van der Waals surface area contributed by atoms with E-state index < -0.39 is 6.10 Å². The predicted octanol–water partition coefficient (Wildman–Crippen LogP) is 3.76. The number of pyridine rings is 1. The van der Waals surface area contributed by atoms with Crippen molar-refractivity contribution in [3.8, 4) is 5.88 Å². The number of ether oxygens (including phenoxy) is 1. The summed E-state index contributed by atoms with van der Waals surface area (Å²) in [7, 11) is 3.36. The van der Waals surface area contributed by atoms with E-state index in [1.54, 1.807) is 25.3 Å². The highest BCUT2D eigenvalue weighted by Crippen LogP contribution is 2.27. The SMILES string of the molecule is COc1ncccc1CN(C)C(=O)c1ccc(C[C@@H]2CC[C@H]([C@H](O)c3ccccc3)N2)cc1. The highest BCUT2D eigenvalue weighted by Gasteiger charge is 2.29. The Balaban J connectivity index is 1.32. The monoisotopic (exact) mass is 445 g/mol. The second-order valence-corrected chi connectivity index (χ2v) is 8.64. The zero-order valence-corrected chi connectivity index (χ0v) is 19.1. The van der Waals surface area contributed by atoms with Crippen molar-refractivity contribution < 1.29 is 14.6 Å². The van der Waals surface area contributed by atoms with Crippen LogP contribution in [0.5, 0.6) is 5.88 Å². The van der Waals surface area contributed by atoms with Crippen molar-refractivity contribution in [1.82, 2.24) is 15.2 Å². The summed E-state index contributed by atoms with van der Waals surface area (Å²) in [5.74, 6) is 0.491. The first-order chi connectivity index (χ1) is 16.0. The molecule has 2 aromatic carbocycles. The Hall–Kier alpha value is -3.22. The highest BCUT2D eigenvalue weighted by molar-refractivity contribution is 5.94. The normalized spacial score (nSPS) is 18.6. The molecule has 1 amide bonds. The Kier molecular flexibility index (Phi) is 7.37.